The van der Waals surface area contributed by atoms with Crippen LogP contribution in [0.2, 0.25) is 0 Å². The van der Waals surface area contributed by atoms with Crippen molar-refractivity contribution in [3.05, 3.63) is 23.8 Å². The summed E-state index contributed by atoms with van der Waals surface area (Å²) in [5.41, 5.74) is 1.01. The van der Waals surface area contributed by atoms with Gasteiger partial charge in [-0.3, -0.25) is 4.79 Å². The lowest BCUT2D eigenvalue weighted by Crippen LogP contribution is -2.30. The van der Waals surface area contributed by atoms with Crippen LogP contribution < -0.4 is 9.47 Å². The van der Waals surface area contributed by atoms with E-state index in [0.29, 0.717) is 6.42 Å². The summed E-state index contributed by atoms with van der Waals surface area (Å²) >= 11 is 1.78. The van der Waals surface area contributed by atoms with E-state index in [1.54, 1.807) is 26.0 Å². The summed E-state index contributed by atoms with van der Waals surface area (Å²) in [7, 11) is 3.30. The zero-order valence-corrected chi connectivity index (χ0v) is 13.0. The van der Waals surface area contributed by atoms with E-state index in [4.69, 9.17) is 9.47 Å². The molecule has 1 atom stereocenters. The summed E-state index contributed by atoms with van der Waals surface area (Å²) in [6, 6.07) is 5.74. The minimum absolute atomic E-state index is 0.0269. The molecule has 4 nitrogen and oxygen atoms in total. The molecule has 0 radical (unpaired) electrons. The van der Waals surface area contributed by atoms with Gasteiger partial charge in [-0.1, -0.05) is 6.92 Å². The Balaban J connectivity index is 2.31. The molecule has 0 aliphatic carbocycles. The van der Waals surface area contributed by atoms with Crippen LogP contribution in [-0.4, -0.2) is 37.3 Å². The van der Waals surface area contributed by atoms with Gasteiger partial charge in [-0.05, 0) is 24.6 Å². The van der Waals surface area contributed by atoms with Crippen LogP contribution in [0.25, 0.3) is 0 Å². The maximum atomic E-state index is 12.2. The number of hydrogen-bond acceptors (Lipinski definition) is 4. The molecular weight excluding hydrogens is 274 g/mol. The molecule has 0 bridgehead atoms. The number of thioether (sulfide) groups is 1. The number of nitrogens with zero attached hydrogens (tertiary/aromatic N) is 1. The Kier molecular flexibility index (Phi) is 5.17. The van der Waals surface area contributed by atoms with Crippen LogP contribution in [-0.2, 0) is 4.79 Å². The van der Waals surface area contributed by atoms with E-state index >= 15 is 0 Å². The predicted molar refractivity (Wildman–Crippen MR) is 81.4 cm³/mol. The fraction of sp³-hybridized carbons (Fsp3) is 0.533. The molecule has 1 aromatic carbocycles. The third-order valence-corrected chi connectivity index (χ3v) is 4.62. The standard InChI is InChI=1S/C15H21NO3S/c1-4-5-14(17)16-8-9-20-15(16)12-10-11(18-2)6-7-13(12)19-3/h6-7,10,15H,4-5,8-9H2,1-3H3/t15-/m0/s1. The third-order valence-electron chi connectivity index (χ3n) is 3.38. The first kappa shape index (κ1) is 15.0. The molecular formula is C15H21NO3S. The molecule has 0 N–H and O–H groups in total. The molecule has 0 saturated carbocycles. The Morgan fingerprint density at radius 3 is 2.85 bits per heavy atom. The van der Waals surface area contributed by atoms with E-state index in [0.717, 1.165) is 35.8 Å². The van der Waals surface area contributed by atoms with Crippen LogP contribution in [0.1, 0.15) is 30.7 Å². The Bertz CT molecular complexity index is 478. The molecule has 1 amide bonds. The number of ether oxygens (including phenoxy) is 2. The largest absolute Gasteiger partial charge is 0.497 e. The van der Waals surface area contributed by atoms with Crippen LogP contribution in [0, 0.1) is 0 Å². The molecule has 110 valence electrons. The molecule has 1 aliphatic heterocycles. The average molecular weight is 295 g/mol. The number of carbonyl (C=O) groups is 1. The van der Waals surface area contributed by atoms with E-state index in [9.17, 15) is 4.79 Å². The van der Waals surface area contributed by atoms with Crippen molar-refractivity contribution in [1.29, 1.82) is 0 Å². The van der Waals surface area contributed by atoms with Crippen molar-refractivity contribution in [3.63, 3.8) is 0 Å². The zero-order valence-electron chi connectivity index (χ0n) is 12.2. The first-order valence-electron chi connectivity index (χ1n) is 6.84. The second kappa shape index (κ2) is 6.88. The smallest absolute Gasteiger partial charge is 0.223 e. The minimum atomic E-state index is 0.0269. The van der Waals surface area contributed by atoms with E-state index in [2.05, 4.69) is 0 Å². The summed E-state index contributed by atoms with van der Waals surface area (Å²) in [4.78, 5) is 14.2. The van der Waals surface area contributed by atoms with Gasteiger partial charge in [0, 0.05) is 24.3 Å². The fourth-order valence-corrected chi connectivity index (χ4v) is 3.66. The monoisotopic (exact) mass is 295 g/mol. The molecule has 1 saturated heterocycles. The number of hydrogen-bond donors (Lipinski definition) is 0. The second-order valence-corrected chi connectivity index (χ2v) is 5.86. The van der Waals surface area contributed by atoms with Gasteiger partial charge in [0.25, 0.3) is 0 Å². The van der Waals surface area contributed by atoms with E-state index in [1.807, 2.05) is 30.0 Å². The molecule has 1 heterocycles. The maximum Gasteiger partial charge on any atom is 0.223 e. The van der Waals surface area contributed by atoms with Crippen LogP contribution in [0.4, 0.5) is 0 Å². The average Bonchev–Trinajstić information content (AvgIpc) is 2.96. The quantitative estimate of drug-likeness (QED) is 0.837. The number of rotatable bonds is 5. The van der Waals surface area contributed by atoms with Crippen molar-refractivity contribution in [2.24, 2.45) is 0 Å². The van der Waals surface area contributed by atoms with Gasteiger partial charge in [0.15, 0.2) is 0 Å². The van der Waals surface area contributed by atoms with Crippen molar-refractivity contribution in [2.45, 2.75) is 25.1 Å². The van der Waals surface area contributed by atoms with Gasteiger partial charge in [0.2, 0.25) is 5.91 Å². The Morgan fingerprint density at radius 2 is 2.20 bits per heavy atom. The molecule has 0 aromatic heterocycles. The molecule has 1 aliphatic rings. The first-order valence-corrected chi connectivity index (χ1v) is 7.89. The molecule has 2 rings (SSSR count). The highest BCUT2D eigenvalue weighted by atomic mass is 32.2. The lowest BCUT2D eigenvalue weighted by molar-refractivity contribution is -0.131. The normalized spacial score (nSPS) is 18.1. The summed E-state index contributed by atoms with van der Waals surface area (Å²) in [6.07, 6.45) is 1.48. The SMILES string of the molecule is CCCC(=O)N1CCS[C@H]1c1cc(OC)ccc1OC. The second-order valence-electron chi connectivity index (χ2n) is 4.67. The topological polar surface area (TPSA) is 38.8 Å². The van der Waals surface area contributed by atoms with Gasteiger partial charge in [-0.25, -0.2) is 0 Å². The predicted octanol–water partition coefficient (Wildman–Crippen LogP) is 3.08. The number of carbonyl (C=O) groups excluding carboxylic acids is 1. The van der Waals surface area contributed by atoms with Crippen molar-refractivity contribution in [3.8, 4) is 11.5 Å². The molecule has 1 fully saturated rings. The summed E-state index contributed by atoms with van der Waals surface area (Å²) in [6.45, 7) is 2.83. The van der Waals surface area contributed by atoms with Crippen molar-refractivity contribution < 1.29 is 14.3 Å². The fourth-order valence-electron chi connectivity index (χ4n) is 2.37. The molecule has 20 heavy (non-hydrogen) atoms. The summed E-state index contributed by atoms with van der Waals surface area (Å²) in [5.74, 6) is 2.77. The molecule has 1 aromatic rings. The highest BCUT2D eigenvalue weighted by molar-refractivity contribution is 7.99. The van der Waals surface area contributed by atoms with E-state index in [-0.39, 0.29) is 11.3 Å². The number of amides is 1. The molecule has 5 heteroatoms. The summed E-state index contributed by atoms with van der Waals surface area (Å²) in [5, 5.41) is 0.0269. The van der Waals surface area contributed by atoms with Gasteiger partial charge in [0.05, 0.1) is 14.2 Å². The van der Waals surface area contributed by atoms with Crippen LogP contribution in [0.3, 0.4) is 0 Å². The van der Waals surface area contributed by atoms with Crippen LogP contribution in [0.15, 0.2) is 18.2 Å². The lowest BCUT2D eigenvalue weighted by atomic mass is 10.1. The Morgan fingerprint density at radius 1 is 1.40 bits per heavy atom. The minimum Gasteiger partial charge on any atom is -0.497 e. The van der Waals surface area contributed by atoms with Gasteiger partial charge in [-0.2, -0.15) is 0 Å². The van der Waals surface area contributed by atoms with Gasteiger partial charge in [0.1, 0.15) is 16.9 Å². The van der Waals surface area contributed by atoms with Crippen LogP contribution >= 0.6 is 11.8 Å². The number of methoxy groups -OCH3 is 2. The molecule has 0 unspecified atom stereocenters. The Labute approximate surface area is 124 Å². The first-order chi connectivity index (χ1) is 9.71. The third kappa shape index (κ3) is 3.03. The zero-order chi connectivity index (χ0) is 14.5. The van der Waals surface area contributed by atoms with E-state index in [1.165, 1.54) is 0 Å². The van der Waals surface area contributed by atoms with Gasteiger partial charge < -0.3 is 14.4 Å². The summed E-state index contributed by atoms with van der Waals surface area (Å²) < 4.78 is 10.7. The highest BCUT2D eigenvalue weighted by Gasteiger charge is 2.32. The highest BCUT2D eigenvalue weighted by Crippen LogP contribution is 2.43. The molecule has 0 spiro atoms. The van der Waals surface area contributed by atoms with Crippen LogP contribution in [0.5, 0.6) is 11.5 Å². The van der Waals surface area contributed by atoms with Crippen molar-refractivity contribution in [2.75, 3.05) is 26.5 Å². The van der Waals surface area contributed by atoms with Gasteiger partial charge >= 0.3 is 0 Å². The van der Waals surface area contributed by atoms with E-state index < -0.39 is 0 Å². The maximum absolute atomic E-state index is 12.2. The Hall–Kier alpha value is -1.36. The van der Waals surface area contributed by atoms with Gasteiger partial charge in [-0.15, -0.1) is 11.8 Å². The van der Waals surface area contributed by atoms with Crippen molar-refractivity contribution in [1.82, 2.24) is 4.90 Å². The van der Waals surface area contributed by atoms with Crippen molar-refractivity contribution >= 4 is 17.7 Å². The lowest BCUT2D eigenvalue weighted by Gasteiger charge is -2.25. The number of benzene rings is 1.